The van der Waals surface area contributed by atoms with E-state index >= 15 is 0 Å². The van der Waals surface area contributed by atoms with Crippen LogP contribution in [-0.2, 0) is 0 Å². The smallest absolute Gasteiger partial charge is 0.165 e. The zero-order valence-electron chi connectivity index (χ0n) is 19.8. The van der Waals surface area contributed by atoms with Crippen molar-refractivity contribution in [3.8, 4) is 11.5 Å². The van der Waals surface area contributed by atoms with Crippen molar-refractivity contribution >= 4 is 17.3 Å². The number of benzene rings is 2. The molecule has 7 nitrogen and oxygen atoms in total. The highest BCUT2D eigenvalue weighted by molar-refractivity contribution is 6.16. The van der Waals surface area contributed by atoms with Gasteiger partial charge in [-0.05, 0) is 70.0 Å². The van der Waals surface area contributed by atoms with Crippen molar-refractivity contribution in [2.75, 3.05) is 24.1 Å². The van der Waals surface area contributed by atoms with Gasteiger partial charge in [0.15, 0.2) is 11.6 Å². The monoisotopic (exact) mass is 462 g/mol. The van der Waals surface area contributed by atoms with E-state index in [9.17, 15) is 4.39 Å². The Bertz CT molecular complexity index is 1150. The van der Waals surface area contributed by atoms with E-state index in [0.717, 1.165) is 25.9 Å². The molecule has 4 N–H and O–H groups in total. The molecule has 8 heteroatoms. The highest BCUT2D eigenvalue weighted by Crippen LogP contribution is 2.28. The van der Waals surface area contributed by atoms with Gasteiger partial charge in [0.2, 0.25) is 0 Å². The number of anilines is 2. The molecule has 0 amide bonds. The van der Waals surface area contributed by atoms with Crippen molar-refractivity contribution in [3.63, 3.8) is 0 Å². The van der Waals surface area contributed by atoms with Gasteiger partial charge < -0.3 is 15.8 Å². The lowest BCUT2D eigenvalue weighted by Crippen LogP contribution is -2.48. The summed E-state index contributed by atoms with van der Waals surface area (Å²) in [6.07, 6.45) is 3.39. The summed E-state index contributed by atoms with van der Waals surface area (Å²) in [6.45, 7) is 8.70. The molecular formula is C26H31FN6O. The Morgan fingerprint density at radius 1 is 1.09 bits per heavy atom. The molecule has 1 saturated heterocycles. The van der Waals surface area contributed by atoms with Crippen LogP contribution in [0.4, 0.5) is 16.0 Å². The number of nitrogens with zero attached hydrogens (tertiary/aromatic N) is 3. The fourth-order valence-corrected chi connectivity index (χ4v) is 4.13. The molecule has 1 fully saturated rings. The molecule has 0 spiro atoms. The van der Waals surface area contributed by atoms with Crippen LogP contribution >= 0.6 is 0 Å². The van der Waals surface area contributed by atoms with Gasteiger partial charge in [0.1, 0.15) is 23.7 Å². The Hall–Kier alpha value is -3.52. The molecule has 0 saturated carbocycles. The molecular weight excluding hydrogens is 431 g/mol. The summed E-state index contributed by atoms with van der Waals surface area (Å²) in [6, 6.07) is 13.4. The molecule has 4 rings (SSSR count). The third-order valence-corrected chi connectivity index (χ3v) is 6.12. The molecule has 1 aliphatic rings. The summed E-state index contributed by atoms with van der Waals surface area (Å²) in [5, 5.41) is 12.3. The predicted molar refractivity (Wildman–Crippen MR) is 133 cm³/mol. The summed E-state index contributed by atoms with van der Waals surface area (Å²) >= 11 is 0. The Labute approximate surface area is 199 Å². The number of hydrogen-bond acceptors (Lipinski definition) is 7. The maximum atomic E-state index is 13.9. The Kier molecular flexibility index (Phi) is 6.79. The number of nitrogens with one attached hydrogen (secondary N) is 2. The van der Waals surface area contributed by atoms with E-state index in [1.807, 2.05) is 0 Å². The third kappa shape index (κ3) is 5.34. The van der Waals surface area contributed by atoms with Gasteiger partial charge in [-0.1, -0.05) is 12.1 Å². The maximum Gasteiger partial charge on any atom is 0.165 e. The summed E-state index contributed by atoms with van der Waals surface area (Å²) in [5.74, 6) is 1.01. The van der Waals surface area contributed by atoms with Crippen LogP contribution in [-0.4, -0.2) is 45.2 Å². The zero-order valence-corrected chi connectivity index (χ0v) is 19.8. The molecule has 0 atom stereocenters. The SMILES string of the molecule is CC(C)(C)N1CCC(Nc2ncnc(N)c2C(=N)c2ccc(Oc3ccccc3F)cc2)CC1. The molecule has 178 valence electrons. The molecule has 0 aliphatic carbocycles. The molecule has 2 heterocycles. The van der Waals surface area contributed by atoms with Gasteiger partial charge in [0.25, 0.3) is 0 Å². The van der Waals surface area contributed by atoms with E-state index in [1.165, 1.54) is 12.4 Å². The standard InChI is InChI=1S/C26H31FN6O/c1-26(2,3)33-14-12-18(13-15-33)32-25-22(24(29)30-16-31-25)23(28)17-8-10-19(11-9-17)34-21-7-5-4-6-20(21)27/h4-11,16,18,28H,12-15H2,1-3H3,(H3,29,30,31,32). The lowest BCUT2D eigenvalue weighted by molar-refractivity contribution is 0.106. The molecule has 0 bridgehead atoms. The van der Waals surface area contributed by atoms with Gasteiger partial charge in [-0.25, -0.2) is 14.4 Å². The molecule has 0 unspecified atom stereocenters. The molecule has 1 aromatic heterocycles. The zero-order chi connectivity index (χ0) is 24.3. The van der Waals surface area contributed by atoms with Crippen molar-refractivity contribution in [2.24, 2.45) is 0 Å². The summed E-state index contributed by atoms with van der Waals surface area (Å²) < 4.78 is 19.5. The lowest BCUT2D eigenvalue weighted by Gasteiger charge is -2.41. The predicted octanol–water partition coefficient (Wildman–Crippen LogP) is 5.08. The van der Waals surface area contributed by atoms with Gasteiger partial charge in [-0.2, -0.15) is 0 Å². The van der Waals surface area contributed by atoms with E-state index in [1.54, 1.807) is 42.5 Å². The van der Waals surface area contributed by atoms with Crippen molar-refractivity contribution in [2.45, 2.75) is 45.2 Å². The van der Waals surface area contributed by atoms with Crippen LogP contribution in [0.5, 0.6) is 11.5 Å². The number of nitrogens with two attached hydrogens (primary N) is 1. The number of ether oxygens (including phenoxy) is 1. The molecule has 3 aromatic rings. The minimum Gasteiger partial charge on any atom is -0.454 e. The molecule has 1 aliphatic heterocycles. The number of rotatable bonds is 6. The molecule has 0 radical (unpaired) electrons. The van der Waals surface area contributed by atoms with Crippen LogP contribution in [0, 0.1) is 11.2 Å². The summed E-state index contributed by atoms with van der Waals surface area (Å²) in [7, 11) is 0. The number of para-hydroxylation sites is 1. The third-order valence-electron chi connectivity index (χ3n) is 6.12. The minimum absolute atomic E-state index is 0.148. The molecule has 2 aromatic carbocycles. The largest absolute Gasteiger partial charge is 0.454 e. The lowest BCUT2D eigenvalue weighted by atomic mass is 9.97. The van der Waals surface area contributed by atoms with Gasteiger partial charge in [0.05, 0.1) is 11.3 Å². The Morgan fingerprint density at radius 3 is 2.41 bits per heavy atom. The quantitative estimate of drug-likeness (QED) is 0.442. The van der Waals surface area contributed by atoms with E-state index in [4.69, 9.17) is 15.9 Å². The van der Waals surface area contributed by atoms with Gasteiger partial charge in [-0.15, -0.1) is 0 Å². The highest BCUT2D eigenvalue weighted by atomic mass is 19.1. The maximum absolute atomic E-state index is 13.9. The first-order valence-electron chi connectivity index (χ1n) is 11.5. The van der Waals surface area contributed by atoms with Crippen LogP contribution in [0.2, 0.25) is 0 Å². The first kappa shape index (κ1) is 23.6. The van der Waals surface area contributed by atoms with E-state index < -0.39 is 5.82 Å². The van der Waals surface area contributed by atoms with Crippen molar-refractivity contribution < 1.29 is 9.13 Å². The van der Waals surface area contributed by atoms with Crippen molar-refractivity contribution in [1.29, 1.82) is 5.41 Å². The number of piperidine rings is 1. The fourth-order valence-electron chi connectivity index (χ4n) is 4.13. The summed E-state index contributed by atoms with van der Waals surface area (Å²) in [4.78, 5) is 11.0. The number of nitrogen functional groups attached to an aromatic ring is 1. The van der Waals surface area contributed by atoms with Crippen LogP contribution in [0.25, 0.3) is 0 Å². The van der Waals surface area contributed by atoms with Gasteiger partial charge >= 0.3 is 0 Å². The number of aromatic nitrogens is 2. The van der Waals surface area contributed by atoms with Crippen LogP contribution < -0.4 is 15.8 Å². The minimum atomic E-state index is -0.433. The first-order chi connectivity index (χ1) is 16.2. The number of hydrogen-bond donors (Lipinski definition) is 3. The topological polar surface area (TPSA) is 100 Å². The normalized spacial score (nSPS) is 15.2. The second kappa shape index (κ2) is 9.77. The molecule has 34 heavy (non-hydrogen) atoms. The summed E-state index contributed by atoms with van der Waals surface area (Å²) in [5.41, 5.74) is 7.66. The van der Waals surface area contributed by atoms with Crippen molar-refractivity contribution in [1.82, 2.24) is 14.9 Å². The highest BCUT2D eigenvalue weighted by Gasteiger charge is 2.28. The van der Waals surface area contributed by atoms with Crippen molar-refractivity contribution in [3.05, 3.63) is 71.8 Å². The van der Waals surface area contributed by atoms with E-state index in [2.05, 4.69) is 41.0 Å². The Morgan fingerprint density at radius 2 is 1.76 bits per heavy atom. The average Bonchev–Trinajstić information content (AvgIpc) is 2.81. The fraction of sp³-hybridized carbons (Fsp3) is 0.346. The van der Waals surface area contributed by atoms with E-state index in [-0.39, 0.29) is 28.9 Å². The second-order valence-corrected chi connectivity index (χ2v) is 9.49. The first-order valence-corrected chi connectivity index (χ1v) is 11.5. The van der Waals surface area contributed by atoms with Gasteiger partial charge in [0, 0.05) is 30.2 Å². The van der Waals surface area contributed by atoms with Crippen LogP contribution in [0.15, 0.2) is 54.9 Å². The Balaban J connectivity index is 1.49. The number of halogens is 1. The van der Waals surface area contributed by atoms with Crippen LogP contribution in [0.3, 0.4) is 0 Å². The average molecular weight is 463 g/mol. The van der Waals surface area contributed by atoms with Gasteiger partial charge in [-0.3, -0.25) is 10.3 Å². The van der Waals surface area contributed by atoms with Crippen LogP contribution in [0.1, 0.15) is 44.7 Å². The second-order valence-electron chi connectivity index (χ2n) is 9.49. The number of likely N-dealkylation sites (tertiary alicyclic amines) is 1. The van der Waals surface area contributed by atoms with E-state index in [0.29, 0.717) is 22.7 Å².